The summed E-state index contributed by atoms with van der Waals surface area (Å²) in [5.74, 6) is -2.22. The summed E-state index contributed by atoms with van der Waals surface area (Å²) in [6, 6.07) is 14.6. The lowest BCUT2D eigenvalue weighted by Gasteiger charge is -2.36. The minimum absolute atomic E-state index is 0.00195. The van der Waals surface area contributed by atoms with Gasteiger partial charge in [-0.3, -0.25) is 35.2 Å². The molecule has 3 atom stereocenters. The fourth-order valence-corrected chi connectivity index (χ4v) is 11.7. The Balaban J connectivity index is 0.000000156. The molecule has 0 bridgehead atoms. The highest BCUT2D eigenvalue weighted by molar-refractivity contribution is 6.62. The van der Waals surface area contributed by atoms with Crippen LogP contribution in [0, 0.1) is 11.5 Å². The topological polar surface area (TPSA) is 397 Å². The molecule has 6 aromatic heterocycles. The number of hydrogen-bond acceptors (Lipinski definition) is 24. The zero-order chi connectivity index (χ0) is 77.7. The van der Waals surface area contributed by atoms with E-state index < -0.39 is 83.6 Å². The highest BCUT2D eigenvalue weighted by Crippen LogP contribution is 2.39. The molecule has 107 heavy (non-hydrogen) atoms. The Morgan fingerprint density at radius 1 is 0.533 bits per heavy atom. The first-order valence-corrected chi connectivity index (χ1v) is 34.9. The molecule has 11 heterocycles. The van der Waals surface area contributed by atoms with Gasteiger partial charge in [-0.15, -0.1) is 5.10 Å². The Morgan fingerprint density at radius 2 is 0.935 bits per heavy atom. The van der Waals surface area contributed by atoms with Crippen molar-refractivity contribution in [1.29, 1.82) is 5.26 Å². The molecular weight excluding hydrogens is 1390 g/mol. The number of H-pyrrole nitrogens is 2. The van der Waals surface area contributed by atoms with Crippen molar-refractivity contribution in [2.24, 2.45) is 0 Å². The molecule has 7 N–H and O–H groups in total. The molecule has 566 valence electrons. The van der Waals surface area contributed by atoms with Crippen LogP contribution >= 0.6 is 0 Å². The van der Waals surface area contributed by atoms with Gasteiger partial charge in [0.2, 0.25) is 34.9 Å². The van der Waals surface area contributed by atoms with Crippen molar-refractivity contribution < 1.29 is 65.2 Å². The van der Waals surface area contributed by atoms with Gasteiger partial charge in [0.05, 0.1) is 71.1 Å². The molecule has 0 spiro atoms. The molecule has 0 aliphatic carbocycles. The Labute approximate surface area is 617 Å². The Bertz CT molecular complexity index is 4510. The maximum atomic E-state index is 15.5. The van der Waals surface area contributed by atoms with Crippen LogP contribution in [0.25, 0.3) is 44.1 Å². The summed E-state index contributed by atoms with van der Waals surface area (Å²) in [5.41, 5.74) is 1.80. The summed E-state index contributed by atoms with van der Waals surface area (Å²) in [4.78, 5) is 90.4. The van der Waals surface area contributed by atoms with Crippen LogP contribution in [0.4, 0.5) is 46.4 Å². The average Bonchev–Trinajstić information content (AvgIpc) is 1.65. The summed E-state index contributed by atoms with van der Waals surface area (Å²) < 4.78 is 80.0. The number of aromatic nitrogens is 12. The summed E-state index contributed by atoms with van der Waals surface area (Å²) in [6.45, 7) is 26.2. The van der Waals surface area contributed by atoms with Gasteiger partial charge < -0.3 is 53.8 Å². The Kier molecular flexibility index (Phi) is 23.0. The van der Waals surface area contributed by atoms with Crippen molar-refractivity contribution in [2.45, 2.75) is 186 Å². The van der Waals surface area contributed by atoms with E-state index in [-0.39, 0.29) is 73.8 Å². The third-order valence-electron chi connectivity index (χ3n) is 19.0. The third kappa shape index (κ3) is 19.0. The summed E-state index contributed by atoms with van der Waals surface area (Å²) in [7, 11) is -1.11. The molecule has 31 nitrogen and oxygen atoms in total. The van der Waals surface area contributed by atoms with Crippen LogP contribution in [-0.2, 0) is 42.5 Å². The second kappa shape index (κ2) is 31.1. The maximum absolute atomic E-state index is 15.5. The van der Waals surface area contributed by atoms with Gasteiger partial charge in [0.1, 0.15) is 11.2 Å². The van der Waals surface area contributed by atoms with Gasteiger partial charge >= 0.3 is 26.4 Å². The van der Waals surface area contributed by atoms with Crippen molar-refractivity contribution in [3.8, 4) is 28.4 Å². The number of para-hydroxylation sites is 2. The number of benzene rings is 2. The van der Waals surface area contributed by atoms with Crippen LogP contribution in [0.3, 0.4) is 0 Å². The predicted molar refractivity (Wildman–Crippen MR) is 392 cm³/mol. The molecule has 2 unspecified atom stereocenters. The van der Waals surface area contributed by atoms with Gasteiger partial charge in [0.25, 0.3) is 17.7 Å². The minimum atomic E-state index is -2.25. The molecule has 13 rings (SSSR count). The number of rotatable bonds is 10. The number of nitrogens with one attached hydrogen (secondary N) is 5. The molecule has 36 heteroatoms. The van der Waals surface area contributed by atoms with E-state index in [9.17, 15) is 28.4 Å². The number of nitriles is 1. The number of alkyl halides is 3. The standard InChI is InChI=1S/C22H25FN6O3.C21H32BFN4O5.C18H16FN7O.C10H16BN3O2/c1-21(2,3)32-20(31)29-9-5-8-22(23,13-29)18(30)27-19-24-10-15(11-25-19)16-7-4-6-14-12-26-28-17(14)16;1-18(2,3)30-17(29)27-12-8-11-21(23,13-27)16(28)24-15-10-9-14(25-26-15)22-31-19(4,5)20(6,7)32-22;19-18(5-2-6-26(10-18)11-20)16(27)24-17-21-7-13(8-22-17)14-4-1-3-12-9-23-25-15(12)14;1-9(2)10(3,4)16-11(15-9)7-5-13-8(12)14-6-7/h4,6-7,10-12H,5,8-9,13H2,1-3H3,(H,26,28)(H,24,25,27,30);9-10H,8,11-13H2,1-7H3,(H,24,26,28);1,3-4,7-9H,2,5-6,10H2,(H,23,25)(H,21,22,24,27);5-6H,1-4H3,(H2,12,13,14)/t;;18-;/m..1./s1. The van der Waals surface area contributed by atoms with Crippen LogP contribution in [0.1, 0.15) is 135 Å². The SMILES string of the molecule is CC(C)(C)OC(=O)N1CCCC(F)(C(=O)Nc2ccc(B3OC(C)(C)C(C)(C)O3)nn2)C1.CC(C)(C)OC(=O)N1CCCC(F)(C(=O)Nc2ncc(-c3cccc4cn[nH]c34)cn2)C1.CC1(C)OB(c2cnc(N)nc2)OC1(C)C.N#CN1CCC[C@](F)(C(=O)Nc2ncc(-c3cccc4cn[nH]c34)cn2)C1. The van der Waals surface area contributed by atoms with Crippen molar-refractivity contribution >= 4 is 101 Å². The van der Waals surface area contributed by atoms with E-state index in [0.29, 0.717) is 44.5 Å². The minimum Gasteiger partial charge on any atom is -0.444 e. The second-order valence-electron chi connectivity index (χ2n) is 30.7. The number of piperidine rings is 3. The fourth-order valence-electron chi connectivity index (χ4n) is 11.7. The van der Waals surface area contributed by atoms with Crippen molar-refractivity contribution in [1.82, 2.24) is 75.2 Å². The number of hydrogen-bond donors (Lipinski definition) is 6. The van der Waals surface area contributed by atoms with Crippen molar-refractivity contribution in [3.63, 3.8) is 0 Å². The maximum Gasteiger partial charge on any atom is 0.516 e. The average molecular weight is 1480 g/mol. The second-order valence-corrected chi connectivity index (χ2v) is 30.7. The lowest BCUT2D eigenvalue weighted by Crippen LogP contribution is -2.54. The van der Waals surface area contributed by atoms with Crippen LogP contribution in [-0.4, -0.2) is 209 Å². The van der Waals surface area contributed by atoms with Crippen LogP contribution in [0.2, 0.25) is 0 Å². The first-order chi connectivity index (χ1) is 50.2. The van der Waals surface area contributed by atoms with E-state index in [1.54, 1.807) is 97.2 Å². The lowest BCUT2D eigenvalue weighted by molar-refractivity contribution is -0.131. The molecule has 2 aromatic carbocycles. The zero-order valence-electron chi connectivity index (χ0n) is 62.3. The van der Waals surface area contributed by atoms with Crippen LogP contribution in [0.5, 0.6) is 0 Å². The predicted octanol–water partition coefficient (Wildman–Crippen LogP) is 8.75. The van der Waals surface area contributed by atoms with E-state index in [1.165, 1.54) is 20.8 Å². The number of nitrogens with two attached hydrogens (primary N) is 1. The van der Waals surface area contributed by atoms with E-state index in [1.807, 2.05) is 98.0 Å². The number of anilines is 4. The van der Waals surface area contributed by atoms with E-state index >= 15 is 8.78 Å². The molecular formula is C71H89B2F3N20O11. The Hall–Kier alpha value is -10.5. The molecule has 8 aromatic rings. The Morgan fingerprint density at radius 3 is 1.34 bits per heavy atom. The number of carbonyl (C=O) groups is 5. The number of nitrogens with zero attached hydrogens (tertiary/aromatic N) is 14. The quantitative estimate of drug-likeness (QED) is 0.0550. The zero-order valence-corrected chi connectivity index (χ0v) is 62.3. The van der Waals surface area contributed by atoms with Gasteiger partial charge in [0.15, 0.2) is 12.0 Å². The molecule has 5 amide bonds. The fraction of sp³-hybridized carbons (Fsp3) is 0.493. The smallest absolute Gasteiger partial charge is 0.444 e. The monoisotopic (exact) mass is 1480 g/mol. The number of nitrogen functional groups attached to an aromatic ring is 1. The third-order valence-corrected chi connectivity index (χ3v) is 19.0. The van der Waals surface area contributed by atoms with Crippen LogP contribution in [0.15, 0.2) is 98.1 Å². The lowest BCUT2D eigenvalue weighted by atomic mass is 9.81. The van der Waals surface area contributed by atoms with Gasteiger partial charge in [0, 0.05) is 95.3 Å². The van der Waals surface area contributed by atoms with E-state index in [2.05, 4.69) is 76.4 Å². The largest absolute Gasteiger partial charge is 0.516 e. The normalized spacial score (nSPS) is 21.4. The molecule has 5 saturated heterocycles. The first-order valence-electron chi connectivity index (χ1n) is 34.9. The van der Waals surface area contributed by atoms with E-state index in [4.69, 9.17) is 39.1 Å². The number of carbonyl (C=O) groups excluding carboxylic acids is 5. The van der Waals surface area contributed by atoms with Gasteiger partial charge in [-0.1, -0.05) is 36.4 Å². The number of aromatic amines is 2. The molecule has 0 saturated carbocycles. The van der Waals surface area contributed by atoms with E-state index in [0.717, 1.165) is 49.5 Å². The number of likely N-dealkylation sites (tertiary alicyclic amines) is 3. The summed E-state index contributed by atoms with van der Waals surface area (Å²) >= 11 is 0. The molecule has 0 radical (unpaired) electrons. The highest BCUT2D eigenvalue weighted by atomic mass is 19.2. The molecule has 5 aliphatic rings. The highest BCUT2D eigenvalue weighted by Gasteiger charge is 2.54. The molecule has 5 fully saturated rings. The van der Waals surface area contributed by atoms with Crippen LogP contribution < -0.4 is 32.7 Å². The summed E-state index contributed by atoms with van der Waals surface area (Å²) in [6.07, 6.45) is 14.7. The number of halogens is 3. The van der Waals surface area contributed by atoms with Gasteiger partial charge in [-0.25, -0.2) is 52.7 Å². The van der Waals surface area contributed by atoms with Gasteiger partial charge in [-0.05, 0) is 148 Å². The number of ether oxygens (including phenoxy) is 2. The number of amides is 5. The molecule has 5 aliphatic heterocycles. The van der Waals surface area contributed by atoms with Crippen molar-refractivity contribution in [3.05, 3.63) is 98.1 Å². The van der Waals surface area contributed by atoms with Crippen molar-refractivity contribution in [2.75, 3.05) is 61.0 Å². The summed E-state index contributed by atoms with van der Waals surface area (Å²) in [5, 5.41) is 40.2. The van der Waals surface area contributed by atoms with Gasteiger partial charge in [-0.2, -0.15) is 20.6 Å². The first kappa shape index (κ1) is 79.1. The number of fused-ring (bicyclic) bond motifs is 2.